The summed E-state index contributed by atoms with van der Waals surface area (Å²) in [6, 6.07) is 1.15. The average Bonchev–Trinajstić information content (AvgIpc) is 3.00. The number of fused-ring (bicyclic) bond motifs is 3. The molecule has 0 saturated carbocycles. The van der Waals surface area contributed by atoms with Gasteiger partial charge in [-0.2, -0.15) is 0 Å². The van der Waals surface area contributed by atoms with Gasteiger partial charge >= 0.3 is 0 Å². The monoisotopic (exact) mass is 305 g/mol. The minimum absolute atomic E-state index is 0.277. The van der Waals surface area contributed by atoms with Crippen molar-refractivity contribution >= 4 is 22.5 Å². The molecule has 3 aromatic rings. The average molecular weight is 305 g/mol. The maximum atomic E-state index is 14.1. The molecule has 7 heteroatoms. The Morgan fingerprint density at radius 2 is 1.91 bits per heavy atom. The Labute approximate surface area is 126 Å². The van der Waals surface area contributed by atoms with Gasteiger partial charge in [-0.25, -0.2) is 13.8 Å². The van der Waals surface area contributed by atoms with E-state index in [1.807, 2.05) is 18.7 Å². The van der Waals surface area contributed by atoms with Gasteiger partial charge in [0.05, 0.1) is 11.0 Å². The Hall–Kier alpha value is -2.31. The van der Waals surface area contributed by atoms with Gasteiger partial charge in [-0.05, 0) is 20.3 Å². The molecule has 2 heterocycles. The molecule has 3 rings (SSSR count). The largest absolute Gasteiger partial charge is 0.354 e. The number of benzene rings is 1. The molecule has 0 fully saturated rings. The molecule has 0 amide bonds. The van der Waals surface area contributed by atoms with Crippen LogP contribution in [0.15, 0.2) is 12.4 Å². The number of aryl methyl sites for hydroxylation is 1. The predicted molar refractivity (Wildman–Crippen MR) is 81.1 cm³/mol. The maximum absolute atomic E-state index is 14.1. The van der Waals surface area contributed by atoms with Crippen molar-refractivity contribution in [2.24, 2.45) is 0 Å². The van der Waals surface area contributed by atoms with E-state index in [4.69, 9.17) is 0 Å². The lowest BCUT2D eigenvalue weighted by Gasteiger charge is -2.21. The Morgan fingerprint density at radius 3 is 2.55 bits per heavy atom. The van der Waals surface area contributed by atoms with Crippen molar-refractivity contribution in [2.75, 3.05) is 18.0 Å². The van der Waals surface area contributed by atoms with E-state index in [0.717, 1.165) is 19.2 Å². The topological polar surface area (TPSA) is 46.3 Å². The van der Waals surface area contributed by atoms with Crippen molar-refractivity contribution in [3.8, 4) is 0 Å². The zero-order chi connectivity index (χ0) is 15.9. The van der Waals surface area contributed by atoms with Crippen molar-refractivity contribution in [3.63, 3.8) is 0 Å². The number of nitrogens with zero attached hydrogens (tertiary/aromatic N) is 5. The second kappa shape index (κ2) is 5.47. The van der Waals surface area contributed by atoms with E-state index < -0.39 is 11.6 Å². The van der Waals surface area contributed by atoms with Crippen LogP contribution in [0.4, 0.5) is 14.6 Å². The van der Waals surface area contributed by atoms with Crippen molar-refractivity contribution in [3.05, 3.63) is 29.6 Å². The fourth-order valence-corrected chi connectivity index (χ4v) is 2.74. The van der Waals surface area contributed by atoms with Gasteiger partial charge in [0.2, 0.25) is 5.65 Å². The third kappa shape index (κ3) is 2.00. The van der Waals surface area contributed by atoms with Crippen LogP contribution >= 0.6 is 0 Å². The zero-order valence-electron chi connectivity index (χ0n) is 12.8. The molecule has 116 valence electrons. The predicted octanol–water partition coefficient (Wildman–Crippen LogP) is 2.96. The number of anilines is 1. The molecule has 0 aliphatic heterocycles. The first-order valence-electron chi connectivity index (χ1n) is 7.37. The van der Waals surface area contributed by atoms with Crippen LogP contribution in [-0.4, -0.2) is 32.7 Å². The van der Waals surface area contributed by atoms with E-state index in [1.165, 1.54) is 6.33 Å². The van der Waals surface area contributed by atoms with Crippen LogP contribution in [0.1, 0.15) is 26.3 Å². The first-order valence-corrected chi connectivity index (χ1v) is 7.37. The normalized spacial score (nSPS) is 11.5. The number of aromatic nitrogens is 4. The second-order valence-corrected chi connectivity index (χ2v) is 5.00. The molecule has 0 bridgehead atoms. The van der Waals surface area contributed by atoms with Gasteiger partial charge < -0.3 is 4.90 Å². The number of hydrogen-bond acceptors (Lipinski definition) is 4. The first kappa shape index (κ1) is 14.6. The molecule has 0 saturated heterocycles. The van der Waals surface area contributed by atoms with E-state index in [2.05, 4.69) is 15.2 Å². The highest BCUT2D eigenvalue weighted by Gasteiger charge is 2.20. The number of halogens is 2. The summed E-state index contributed by atoms with van der Waals surface area (Å²) in [6.45, 7) is 7.28. The summed E-state index contributed by atoms with van der Waals surface area (Å²) in [5, 5.41) is 7.99. The lowest BCUT2D eigenvalue weighted by Crippen LogP contribution is -2.24. The second-order valence-electron chi connectivity index (χ2n) is 5.00. The Morgan fingerprint density at radius 1 is 1.18 bits per heavy atom. The molecule has 0 aliphatic rings. The van der Waals surface area contributed by atoms with Gasteiger partial charge in [-0.1, -0.05) is 6.92 Å². The lowest BCUT2D eigenvalue weighted by atomic mass is 10.1. The van der Waals surface area contributed by atoms with Crippen molar-refractivity contribution in [2.45, 2.75) is 27.2 Å². The molecule has 22 heavy (non-hydrogen) atoms. The molecular formula is C15H17F2N5. The summed E-state index contributed by atoms with van der Waals surface area (Å²) in [5.41, 5.74) is 1.76. The lowest BCUT2D eigenvalue weighted by molar-refractivity contribution is 0.502. The third-order valence-electron chi connectivity index (χ3n) is 3.91. The van der Waals surface area contributed by atoms with Crippen LogP contribution in [0.5, 0.6) is 0 Å². The Balaban J connectivity index is 2.47. The molecule has 0 radical (unpaired) electrons. The van der Waals surface area contributed by atoms with Crippen LogP contribution < -0.4 is 4.90 Å². The van der Waals surface area contributed by atoms with E-state index in [1.54, 1.807) is 11.3 Å². The minimum atomic E-state index is -0.878. The molecule has 1 aromatic carbocycles. The highest BCUT2D eigenvalue weighted by atomic mass is 19.2. The van der Waals surface area contributed by atoms with Crippen molar-refractivity contribution in [1.82, 2.24) is 19.6 Å². The first-order chi connectivity index (χ1) is 10.6. The van der Waals surface area contributed by atoms with Crippen LogP contribution in [0.2, 0.25) is 0 Å². The van der Waals surface area contributed by atoms with E-state index >= 15 is 0 Å². The molecule has 0 aliphatic carbocycles. The highest BCUT2D eigenvalue weighted by molar-refractivity contribution is 5.85. The molecule has 0 spiro atoms. The van der Waals surface area contributed by atoms with Crippen molar-refractivity contribution < 1.29 is 8.78 Å². The fourth-order valence-electron chi connectivity index (χ4n) is 2.74. The molecule has 2 aromatic heterocycles. The van der Waals surface area contributed by atoms with Crippen molar-refractivity contribution in [1.29, 1.82) is 0 Å². The Kier molecular flexibility index (Phi) is 3.64. The summed E-state index contributed by atoms with van der Waals surface area (Å²) >= 11 is 0. The van der Waals surface area contributed by atoms with E-state index in [9.17, 15) is 8.78 Å². The van der Waals surface area contributed by atoms with Gasteiger partial charge in [-0.15, -0.1) is 10.2 Å². The van der Waals surface area contributed by atoms with E-state index in [-0.39, 0.29) is 5.56 Å². The Bertz CT molecular complexity index is 839. The highest BCUT2D eigenvalue weighted by Crippen LogP contribution is 2.28. The molecular weight excluding hydrogens is 288 g/mol. The van der Waals surface area contributed by atoms with Crippen LogP contribution in [-0.2, 0) is 6.42 Å². The summed E-state index contributed by atoms with van der Waals surface area (Å²) in [4.78, 5) is 6.60. The van der Waals surface area contributed by atoms with Gasteiger partial charge in [-0.3, -0.25) is 4.40 Å². The quantitative estimate of drug-likeness (QED) is 0.743. The standard InChI is InChI=1S/C15H17F2N5/c1-4-9-12(17)10(16)7-11-13(9)19-14(21(5-2)6-3)15-20-18-8-22(11)15/h7-8H,4-6H2,1-3H3. The molecule has 0 unspecified atom stereocenters. The summed E-state index contributed by atoms with van der Waals surface area (Å²) in [5.74, 6) is -1.08. The fraction of sp³-hybridized carbons (Fsp3) is 0.400. The minimum Gasteiger partial charge on any atom is -0.354 e. The van der Waals surface area contributed by atoms with Gasteiger partial charge in [0.1, 0.15) is 6.33 Å². The number of rotatable bonds is 4. The molecule has 5 nitrogen and oxygen atoms in total. The van der Waals surface area contributed by atoms with Gasteiger partial charge in [0.15, 0.2) is 17.5 Å². The maximum Gasteiger partial charge on any atom is 0.204 e. The molecule has 0 N–H and O–H groups in total. The van der Waals surface area contributed by atoms with Gasteiger partial charge in [0.25, 0.3) is 0 Å². The summed E-state index contributed by atoms with van der Waals surface area (Å²) < 4.78 is 29.6. The van der Waals surface area contributed by atoms with E-state index in [0.29, 0.717) is 28.9 Å². The summed E-state index contributed by atoms with van der Waals surface area (Å²) in [6.07, 6.45) is 1.86. The number of hydrogen-bond donors (Lipinski definition) is 0. The van der Waals surface area contributed by atoms with Gasteiger partial charge in [0, 0.05) is 24.7 Å². The third-order valence-corrected chi connectivity index (χ3v) is 3.91. The summed E-state index contributed by atoms with van der Waals surface area (Å²) in [7, 11) is 0. The SMILES string of the molecule is CCc1c(F)c(F)cc2c1nc(N(CC)CC)c1nncn12. The zero-order valence-corrected chi connectivity index (χ0v) is 12.8. The smallest absolute Gasteiger partial charge is 0.204 e. The van der Waals surface area contributed by atoms with Crippen LogP contribution in [0.3, 0.4) is 0 Å². The molecule has 0 atom stereocenters. The van der Waals surface area contributed by atoms with Crippen LogP contribution in [0.25, 0.3) is 16.7 Å². The van der Waals surface area contributed by atoms with Crippen LogP contribution in [0, 0.1) is 11.6 Å².